The van der Waals surface area contributed by atoms with Crippen LogP contribution in [0.1, 0.15) is 28.4 Å². The number of carbonyl (C=O) groups is 1. The minimum absolute atomic E-state index is 0.632. The molecule has 144 valence electrons. The Labute approximate surface area is 160 Å². The molecule has 1 aromatic carbocycles. The van der Waals surface area contributed by atoms with Crippen LogP contribution in [0.5, 0.6) is 5.75 Å². The van der Waals surface area contributed by atoms with Gasteiger partial charge in [-0.3, -0.25) is 19.6 Å². The van der Waals surface area contributed by atoms with E-state index < -0.39 is 12.0 Å². The zero-order chi connectivity index (χ0) is 19.4. The maximum atomic E-state index is 12.1. The number of hydrogen-bond donors (Lipinski definition) is 1. The zero-order valence-corrected chi connectivity index (χ0v) is 16.2. The molecule has 3 rings (SSSR count). The predicted octanol–water partition coefficient (Wildman–Crippen LogP) is 2.65. The first kappa shape index (κ1) is 19.3. The molecular formula is C21H27N3O3. The summed E-state index contributed by atoms with van der Waals surface area (Å²) in [5.41, 5.74) is 3.83. The number of aromatic nitrogens is 1. The Morgan fingerprint density at radius 3 is 2.37 bits per heavy atom. The van der Waals surface area contributed by atoms with Crippen LogP contribution in [0, 0.1) is 13.8 Å². The molecule has 1 aliphatic rings. The lowest BCUT2D eigenvalue weighted by atomic mass is 9.94. The Balaban J connectivity index is 1.73. The van der Waals surface area contributed by atoms with Crippen LogP contribution in [0.3, 0.4) is 0 Å². The second-order valence-corrected chi connectivity index (χ2v) is 7.05. The van der Waals surface area contributed by atoms with Crippen molar-refractivity contribution in [2.45, 2.75) is 26.4 Å². The number of pyridine rings is 1. The van der Waals surface area contributed by atoms with E-state index in [-0.39, 0.29) is 0 Å². The number of rotatable bonds is 6. The van der Waals surface area contributed by atoms with Gasteiger partial charge in [-0.25, -0.2) is 0 Å². The summed E-state index contributed by atoms with van der Waals surface area (Å²) in [4.78, 5) is 20.9. The van der Waals surface area contributed by atoms with Gasteiger partial charge in [0.2, 0.25) is 0 Å². The third-order valence-corrected chi connectivity index (χ3v) is 5.19. The third kappa shape index (κ3) is 4.46. The summed E-state index contributed by atoms with van der Waals surface area (Å²) < 4.78 is 5.31. The van der Waals surface area contributed by atoms with Crippen LogP contribution in [0.25, 0.3) is 0 Å². The van der Waals surface area contributed by atoms with Crippen molar-refractivity contribution >= 4 is 5.97 Å². The molecule has 0 amide bonds. The topological polar surface area (TPSA) is 65.9 Å². The van der Waals surface area contributed by atoms with Gasteiger partial charge in [0, 0.05) is 38.9 Å². The van der Waals surface area contributed by atoms with Crippen molar-refractivity contribution in [3.8, 4) is 5.75 Å². The number of carboxylic acid groups (broad SMARTS) is 1. The first-order chi connectivity index (χ1) is 13.0. The molecule has 1 N–H and O–H groups in total. The molecule has 1 atom stereocenters. The van der Waals surface area contributed by atoms with Gasteiger partial charge in [0.1, 0.15) is 11.8 Å². The molecule has 1 aromatic heterocycles. The van der Waals surface area contributed by atoms with E-state index in [4.69, 9.17) is 4.74 Å². The third-order valence-electron chi connectivity index (χ3n) is 5.19. The molecule has 6 heteroatoms. The van der Waals surface area contributed by atoms with Crippen LogP contribution in [-0.2, 0) is 11.3 Å². The summed E-state index contributed by atoms with van der Waals surface area (Å²) in [6.45, 7) is 7.80. The summed E-state index contributed by atoms with van der Waals surface area (Å²) in [7, 11) is 1.63. The van der Waals surface area contributed by atoms with Gasteiger partial charge in [0.25, 0.3) is 0 Å². The highest BCUT2D eigenvalue weighted by Crippen LogP contribution is 2.31. The molecule has 27 heavy (non-hydrogen) atoms. The molecule has 0 radical (unpaired) electrons. The first-order valence-corrected chi connectivity index (χ1v) is 9.24. The van der Waals surface area contributed by atoms with Crippen molar-refractivity contribution in [1.29, 1.82) is 0 Å². The molecule has 1 aliphatic heterocycles. The van der Waals surface area contributed by atoms with Crippen molar-refractivity contribution in [1.82, 2.24) is 14.8 Å². The largest absolute Gasteiger partial charge is 0.497 e. The number of hydrogen-bond acceptors (Lipinski definition) is 5. The van der Waals surface area contributed by atoms with Crippen LogP contribution in [0.15, 0.2) is 36.5 Å². The molecule has 0 aliphatic carbocycles. The SMILES string of the molecule is COc1cc(C)c([C@@H](C(=O)O)N2CCN(Cc3ccccn3)CC2)c(C)c1. The molecule has 0 saturated carbocycles. The van der Waals surface area contributed by atoms with Crippen LogP contribution in [0.4, 0.5) is 0 Å². The summed E-state index contributed by atoms with van der Waals surface area (Å²) in [6, 6.07) is 9.13. The number of benzene rings is 1. The van der Waals surface area contributed by atoms with E-state index in [9.17, 15) is 9.90 Å². The van der Waals surface area contributed by atoms with Crippen LogP contribution < -0.4 is 4.74 Å². The Kier molecular flexibility index (Phi) is 6.08. The number of nitrogens with zero attached hydrogens (tertiary/aromatic N) is 3. The molecule has 2 aromatic rings. The Morgan fingerprint density at radius 1 is 1.19 bits per heavy atom. The average molecular weight is 369 g/mol. The fourth-order valence-electron chi connectivity index (χ4n) is 3.85. The standard InChI is InChI=1S/C21H27N3O3/c1-15-12-18(27-3)13-16(2)19(15)20(21(25)26)24-10-8-23(9-11-24)14-17-6-4-5-7-22-17/h4-7,12-13,20H,8-11,14H2,1-3H3,(H,25,26)/t20-/m0/s1. The van der Waals surface area contributed by atoms with Crippen LogP contribution in [-0.4, -0.2) is 59.1 Å². The highest BCUT2D eigenvalue weighted by atomic mass is 16.5. The van der Waals surface area contributed by atoms with Gasteiger partial charge in [-0.05, 0) is 54.8 Å². The normalized spacial score (nSPS) is 16.9. The molecular weight excluding hydrogens is 342 g/mol. The van der Waals surface area contributed by atoms with Crippen LogP contribution >= 0.6 is 0 Å². The summed E-state index contributed by atoms with van der Waals surface area (Å²) >= 11 is 0. The Bertz CT molecular complexity index is 764. The molecule has 6 nitrogen and oxygen atoms in total. The number of piperazine rings is 1. The molecule has 1 fully saturated rings. The quantitative estimate of drug-likeness (QED) is 0.844. The summed E-state index contributed by atoms with van der Waals surface area (Å²) in [5, 5.41) is 9.96. The maximum Gasteiger partial charge on any atom is 0.325 e. The zero-order valence-electron chi connectivity index (χ0n) is 16.2. The van der Waals surface area contributed by atoms with Gasteiger partial charge in [0.15, 0.2) is 0 Å². The van der Waals surface area contributed by atoms with Gasteiger partial charge in [-0.2, -0.15) is 0 Å². The van der Waals surface area contributed by atoms with Crippen molar-refractivity contribution in [3.63, 3.8) is 0 Å². The lowest BCUT2D eigenvalue weighted by molar-refractivity contribution is -0.144. The van der Waals surface area contributed by atoms with Crippen molar-refractivity contribution in [2.75, 3.05) is 33.3 Å². The van der Waals surface area contributed by atoms with Gasteiger partial charge < -0.3 is 9.84 Å². The number of ether oxygens (including phenoxy) is 1. The highest BCUT2D eigenvalue weighted by molar-refractivity contribution is 5.77. The Hall–Kier alpha value is -2.44. The fourth-order valence-corrected chi connectivity index (χ4v) is 3.85. The fraction of sp³-hybridized carbons (Fsp3) is 0.429. The van der Waals surface area contributed by atoms with E-state index in [0.717, 1.165) is 47.8 Å². The first-order valence-electron chi connectivity index (χ1n) is 9.24. The minimum atomic E-state index is -0.801. The smallest absolute Gasteiger partial charge is 0.325 e. The summed E-state index contributed by atoms with van der Waals surface area (Å²) in [6.07, 6.45) is 1.81. The van der Waals surface area contributed by atoms with Crippen molar-refractivity contribution < 1.29 is 14.6 Å². The number of aliphatic carboxylic acids is 1. The second kappa shape index (κ2) is 8.50. The molecule has 2 heterocycles. The monoisotopic (exact) mass is 369 g/mol. The molecule has 1 saturated heterocycles. The van der Waals surface area contributed by atoms with E-state index in [0.29, 0.717) is 13.1 Å². The maximum absolute atomic E-state index is 12.1. The number of methoxy groups -OCH3 is 1. The van der Waals surface area contributed by atoms with E-state index in [1.807, 2.05) is 44.2 Å². The van der Waals surface area contributed by atoms with E-state index >= 15 is 0 Å². The van der Waals surface area contributed by atoms with E-state index in [2.05, 4.69) is 14.8 Å². The van der Waals surface area contributed by atoms with Gasteiger partial charge in [-0.1, -0.05) is 6.07 Å². The molecule has 0 unspecified atom stereocenters. The summed E-state index contributed by atoms with van der Waals surface area (Å²) in [5.74, 6) is -0.0392. The lowest BCUT2D eigenvalue weighted by Crippen LogP contribution is -2.49. The van der Waals surface area contributed by atoms with Gasteiger partial charge >= 0.3 is 5.97 Å². The average Bonchev–Trinajstić information content (AvgIpc) is 2.66. The van der Waals surface area contributed by atoms with Crippen LogP contribution in [0.2, 0.25) is 0 Å². The van der Waals surface area contributed by atoms with Gasteiger partial charge in [0.05, 0.1) is 12.8 Å². The minimum Gasteiger partial charge on any atom is -0.497 e. The highest BCUT2D eigenvalue weighted by Gasteiger charge is 2.32. The predicted molar refractivity (Wildman–Crippen MR) is 104 cm³/mol. The van der Waals surface area contributed by atoms with E-state index in [1.165, 1.54) is 0 Å². The molecule has 0 bridgehead atoms. The number of carboxylic acids is 1. The Morgan fingerprint density at radius 2 is 1.85 bits per heavy atom. The van der Waals surface area contributed by atoms with Gasteiger partial charge in [-0.15, -0.1) is 0 Å². The second-order valence-electron chi connectivity index (χ2n) is 7.05. The van der Waals surface area contributed by atoms with Crippen molar-refractivity contribution in [2.24, 2.45) is 0 Å². The number of aryl methyl sites for hydroxylation is 2. The van der Waals surface area contributed by atoms with Crippen molar-refractivity contribution in [3.05, 3.63) is 58.9 Å². The lowest BCUT2D eigenvalue weighted by Gasteiger charge is -2.38. The van der Waals surface area contributed by atoms with E-state index in [1.54, 1.807) is 13.3 Å². The molecule has 0 spiro atoms.